The monoisotopic (exact) mass is 350 g/mol. The van der Waals surface area contributed by atoms with Crippen molar-refractivity contribution in [2.45, 2.75) is 33.1 Å². The van der Waals surface area contributed by atoms with Crippen LogP contribution >= 0.6 is 69.6 Å². The predicted molar refractivity (Wildman–Crippen MR) is 73.7 cm³/mol. The van der Waals surface area contributed by atoms with Crippen LogP contribution in [0.3, 0.4) is 0 Å². The lowest BCUT2D eigenvalue weighted by molar-refractivity contribution is 0.288. The van der Waals surface area contributed by atoms with Crippen LogP contribution in [0.15, 0.2) is 0 Å². The number of halogens is 6. The van der Waals surface area contributed by atoms with Gasteiger partial charge in [0.25, 0.3) is 0 Å². The quantitative estimate of drug-likeness (QED) is 0.500. The van der Waals surface area contributed by atoms with E-state index < -0.39 is 21.8 Å². The van der Waals surface area contributed by atoms with Gasteiger partial charge < -0.3 is 4.43 Å². The van der Waals surface area contributed by atoms with Gasteiger partial charge in [0.15, 0.2) is 17.0 Å². The Morgan fingerprint density at radius 1 is 1.07 bits per heavy atom. The summed E-state index contributed by atoms with van der Waals surface area (Å²) in [6.07, 6.45) is 0. The molecule has 8 heteroatoms. The Hall–Kier alpha value is 1.92. The first-order valence-electron chi connectivity index (χ1n) is 4.08. The maximum atomic E-state index is 5.96. The minimum atomic E-state index is -1.75. The molecule has 0 aromatic carbocycles. The van der Waals surface area contributed by atoms with E-state index >= 15 is 0 Å². The van der Waals surface area contributed by atoms with Gasteiger partial charge in [-0.2, -0.15) is 0 Å². The van der Waals surface area contributed by atoms with E-state index in [1.165, 1.54) is 0 Å². The molecule has 0 N–H and O–H groups in total. The van der Waals surface area contributed by atoms with Gasteiger partial charge in [0.1, 0.15) is 4.84 Å². The molecule has 0 saturated heterocycles. The summed E-state index contributed by atoms with van der Waals surface area (Å²) in [6, 6.07) is 0. The molecule has 15 heavy (non-hydrogen) atoms. The Morgan fingerprint density at radius 2 is 1.47 bits per heavy atom. The van der Waals surface area contributed by atoms with Crippen molar-refractivity contribution in [3.8, 4) is 0 Å². The summed E-state index contributed by atoms with van der Waals surface area (Å²) in [4.78, 5) is -1.11. The second kappa shape index (κ2) is 5.70. The molecule has 0 spiro atoms. The number of hydrogen-bond donors (Lipinski definition) is 0. The topological polar surface area (TPSA) is 9.23 Å². The fourth-order valence-corrected chi connectivity index (χ4v) is 2.43. The van der Waals surface area contributed by atoms with E-state index in [1.807, 2.05) is 19.6 Å². The summed E-state index contributed by atoms with van der Waals surface area (Å²) >= 11 is 34.8. The summed E-state index contributed by atoms with van der Waals surface area (Å²) in [5, 5.41) is 0. The van der Waals surface area contributed by atoms with Crippen LogP contribution in [0.5, 0.6) is 0 Å². The number of alkyl halides is 6. The molecule has 0 heterocycles. The highest BCUT2D eigenvalue weighted by Crippen LogP contribution is 2.48. The second-order valence-corrected chi connectivity index (χ2v) is 12.5. The number of hydrogen-bond acceptors (Lipinski definition) is 1. The van der Waals surface area contributed by atoms with Crippen LogP contribution in [0, 0.1) is 0 Å². The van der Waals surface area contributed by atoms with E-state index in [0.717, 1.165) is 0 Å². The average molecular weight is 353 g/mol. The number of rotatable bonds is 5. The van der Waals surface area contributed by atoms with Crippen molar-refractivity contribution >= 4 is 77.9 Å². The van der Waals surface area contributed by atoms with E-state index in [-0.39, 0.29) is 6.61 Å². The van der Waals surface area contributed by atoms with E-state index in [1.54, 1.807) is 0 Å². The lowest BCUT2D eigenvalue weighted by atomic mass is 10.3. The maximum Gasteiger partial charge on any atom is 0.183 e. The molecule has 1 nitrogen and oxygen atoms in total. The average Bonchev–Trinajstić information content (AvgIpc) is 1.99. The van der Waals surface area contributed by atoms with Crippen molar-refractivity contribution < 1.29 is 4.43 Å². The van der Waals surface area contributed by atoms with Gasteiger partial charge in [-0.15, -0.1) is 23.2 Å². The molecule has 0 aromatic rings. The van der Waals surface area contributed by atoms with Crippen molar-refractivity contribution in [2.75, 3.05) is 6.61 Å². The zero-order valence-corrected chi connectivity index (χ0v) is 14.0. The molecule has 0 fully saturated rings. The highest BCUT2D eigenvalue weighted by atomic mass is 35.5. The molecule has 0 bridgehead atoms. The zero-order valence-electron chi connectivity index (χ0n) is 8.46. The third-order valence-electron chi connectivity index (χ3n) is 1.45. The zero-order chi connectivity index (χ0) is 12.5. The van der Waals surface area contributed by atoms with Crippen molar-refractivity contribution in [3.05, 3.63) is 0 Å². The highest BCUT2D eigenvalue weighted by Gasteiger charge is 2.52. The lowest BCUT2D eigenvalue weighted by Crippen LogP contribution is -2.47. The minimum Gasteiger partial charge on any atom is -0.414 e. The van der Waals surface area contributed by atoms with E-state index in [4.69, 9.17) is 74.0 Å². The Balaban J connectivity index is 4.55. The Kier molecular flexibility index (Phi) is 6.43. The van der Waals surface area contributed by atoms with Gasteiger partial charge in [-0.05, 0) is 19.6 Å². The van der Waals surface area contributed by atoms with Crippen LogP contribution in [0.25, 0.3) is 0 Å². The van der Waals surface area contributed by atoms with E-state index in [9.17, 15) is 0 Å². The lowest BCUT2D eigenvalue weighted by Gasteiger charge is -2.35. The van der Waals surface area contributed by atoms with Crippen molar-refractivity contribution in [1.82, 2.24) is 0 Å². The molecule has 0 aliphatic rings. The summed E-state index contributed by atoms with van der Waals surface area (Å²) in [6.45, 7) is 5.94. The molecule has 0 saturated carbocycles. The van der Waals surface area contributed by atoms with Crippen molar-refractivity contribution in [3.63, 3.8) is 0 Å². The molecule has 0 aliphatic heterocycles. The highest BCUT2D eigenvalue weighted by molar-refractivity contribution is 6.70. The SMILES string of the molecule is C[Si](C)(C)OCC(Cl)(Cl)C(Cl)(Cl)C(Cl)Cl. The third kappa shape index (κ3) is 5.39. The maximum absolute atomic E-state index is 5.96. The van der Waals surface area contributed by atoms with Gasteiger partial charge in [0.2, 0.25) is 0 Å². The van der Waals surface area contributed by atoms with Gasteiger partial charge >= 0.3 is 0 Å². The van der Waals surface area contributed by atoms with Crippen LogP contribution in [0.1, 0.15) is 0 Å². The van der Waals surface area contributed by atoms with E-state index in [2.05, 4.69) is 0 Å². The Labute approximate surface area is 121 Å². The first kappa shape index (κ1) is 16.9. The molecule has 0 aliphatic carbocycles. The molecular formula is C7H12Cl6OSi. The normalized spacial score (nSPS) is 14.8. The standard InChI is InChI=1S/C7H12Cl6OSi/c1-15(2,3)14-4-6(10,11)7(12,13)5(8)9/h5H,4H2,1-3H3. The molecule has 92 valence electrons. The largest absolute Gasteiger partial charge is 0.414 e. The van der Waals surface area contributed by atoms with Crippen molar-refractivity contribution in [2.24, 2.45) is 0 Å². The molecular weight excluding hydrogens is 341 g/mol. The second-order valence-electron chi connectivity index (χ2n) is 4.03. The van der Waals surface area contributed by atoms with Crippen LogP contribution in [-0.2, 0) is 4.43 Å². The van der Waals surface area contributed by atoms with Crippen molar-refractivity contribution in [1.29, 1.82) is 0 Å². The van der Waals surface area contributed by atoms with Gasteiger partial charge in [-0.3, -0.25) is 0 Å². The molecule has 0 atom stereocenters. The summed E-state index contributed by atoms with van der Waals surface area (Å²) in [7, 11) is -1.75. The first-order valence-corrected chi connectivity index (χ1v) is 9.87. The molecule has 0 aromatic heterocycles. The van der Waals surface area contributed by atoms with Gasteiger partial charge in [0.05, 0.1) is 6.61 Å². The Morgan fingerprint density at radius 3 is 1.73 bits per heavy atom. The summed E-state index contributed by atoms with van der Waals surface area (Å²) in [5.74, 6) is 0. The van der Waals surface area contributed by atoms with E-state index in [0.29, 0.717) is 0 Å². The minimum absolute atomic E-state index is 0.0191. The molecule has 0 rings (SSSR count). The fraction of sp³-hybridized carbons (Fsp3) is 1.00. The molecule has 0 unspecified atom stereocenters. The van der Waals surface area contributed by atoms with Crippen LogP contribution < -0.4 is 0 Å². The third-order valence-corrected chi connectivity index (χ3v) is 5.84. The van der Waals surface area contributed by atoms with Gasteiger partial charge in [0, 0.05) is 0 Å². The van der Waals surface area contributed by atoms with Gasteiger partial charge in [-0.1, -0.05) is 46.4 Å². The smallest absolute Gasteiger partial charge is 0.183 e. The summed E-state index contributed by atoms with van der Waals surface area (Å²) in [5.41, 5.74) is 0. The molecule has 0 amide bonds. The van der Waals surface area contributed by atoms with Gasteiger partial charge in [-0.25, -0.2) is 0 Å². The summed E-state index contributed by atoms with van der Waals surface area (Å²) < 4.78 is 2.29. The first-order chi connectivity index (χ1) is 6.40. The fourth-order valence-electron chi connectivity index (χ4n) is 0.563. The van der Waals surface area contributed by atoms with Crippen LogP contribution in [-0.4, -0.2) is 28.4 Å². The van der Waals surface area contributed by atoms with Crippen LogP contribution in [0.4, 0.5) is 0 Å². The molecule has 0 radical (unpaired) electrons. The Bertz CT molecular complexity index is 212. The predicted octanol–water partition coefficient (Wildman–Crippen LogP) is 4.99. The van der Waals surface area contributed by atoms with Crippen LogP contribution in [0.2, 0.25) is 19.6 Å².